The Balaban J connectivity index is 2.10. The number of amidine groups is 1. The quantitative estimate of drug-likeness (QED) is 0.752. The summed E-state index contributed by atoms with van der Waals surface area (Å²) in [5, 5.41) is 2.20. The molecule has 5 nitrogen and oxygen atoms in total. The molecular formula is C17H18N4O. The number of nitrogens with zero attached hydrogens (tertiary/aromatic N) is 1. The molecular weight excluding hydrogens is 276 g/mol. The Morgan fingerprint density at radius 2 is 1.95 bits per heavy atom. The Kier molecular flexibility index (Phi) is 3.89. The predicted molar refractivity (Wildman–Crippen MR) is 88.1 cm³/mol. The zero-order valence-corrected chi connectivity index (χ0v) is 12.3. The van der Waals surface area contributed by atoms with Crippen LogP contribution in [0.25, 0.3) is 10.8 Å². The topological polar surface area (TPSA) is 79.5 Å². The average molecular weight is 294 g/mol. The van der Waals surface area contributed by atoms with Crippen molar-refractivity contribution in [3.05, 3.63) is 59.4 Å². The fraction of sp³-hybridized carbons (Fsp3) is 0.176. The van der Waals surface area contributed by atoms with E-state index in [1.807, 2.05) is 49.4 Å². The monoisotopic (exact) mass is 294 g/mol. The van der Waals surface area contributed by atoms with Crippen LogP contribution in [-0.4, -0.2) is 18.2 Å². The third-order valence-electron chi connectivity index (χ3n) is 3.79. The maximum atomic E-state index is 11.3. The van der Waals surface area contributed by atoms with Gasteiger partial charge in [0, 0.05) is 11.6 Å². The van der Waals surface area contributed by atoms with Gasteiger partial charge in [0.1, 0.15) is 5.70 Å². The molecule has 1 unspecified atom stereocenters. The van der Waals surface area contributed by atoms with E-state index in [1.54, 1.807) is 0 Å². The Labute approximate surface area is 128 Å². The lowest BCUT2D eigenvalue weighted by molar-refractivity contribution is -0.105. The highest BCUT2D eigenvalue weighted by atomic mass is 16.1. The van der Waals surface area contributed by atoms with E-state index in [-0.39, 0.29) is 6.04 Å². The van der Waals surface area contributed by atoms with Crippen LogP contribution in [0.5, 0.6) is 0 Å². The number of carbonyl (C=O) groups excluding carboxylic acids is 1. The standard InChI is InChI=1S/C17H18N4O/c1-2-14(18)16-15(10-22)19-17(21-20-16)13-9-5-7-11-6-3-4-8-12(11)13/h3-10,14,20H,2,18H2,1H3,(H,19,21). The average Bonchev–Trinajstić information content (AvgIpc) is 2.60. The number of allylic oxidation sites excluding steroid dienone is 1. The highest BCUT2D eigenvalue weighted by molar-refractivity contribution is 6.11. The number of hydrogen-bond acceptors (Lipinski definition) is 5. The zero-order valence-electron chi connectivity index (χ0n) is 12.3. The lowest BCUT2D eigenvalue weighted by Gasteiger charge is -2.24. The smallest absolute Gasteiger partial charge is 0.170 e. The fourth-order valence-corrected chi connectivity index (χ4v) is 2.54. The number of nitrogens with two attached hydrogens (primary N) is 1. The van der Waals surface area contributed by atoms with E-state index in [4.69, 9.17) is 5.73 Å². The Morgan fingerprint density at radius 1 is 1.18 bits per heavy atom. The van der Waals surface area contributed by atoms with E-state index in [9.17, 15) is 4.79 Å². The van der Waals surface area contributed by atoms with Gasteiger partial charge in [-0.05, 0) is 17.2 Å². The first kappa shape index (κ1) is 14.3. The molecule has 2 aromatic carbocycles. The molecule has 4 N–H and O–H groups in total. The van der Waals surface area contributed by atoms with Crippen molar-refractivity contribution < 1.29 is 4.79 Å². The van der Waals surface area contributed by atoms with Crippen LogP contribution >= 0.6 is 0 Å². The molecule has 0 fully saturated rings. The van der Waals surface area contributed by atoms with Crippen LogP contribution in [0, 0.1) is 0 Å². The molecule has 1 aliphatic heterocycles. The van der Waals surface area contributed by atoms with Crippen molar-refractivity contribution in [2.45, 2.75) is 19.4 Å². The maximum absolute atomic E-state index is 11.3. The van der Waals surface area contributed by atoms with E-state index in [0.29, 0.717) is 17.2 Å². The number of aliphatic imine (C=N–C) groups is 1. The highest BCUT2D eigenvalue weighted by Gasteiger charge is 2.20. The maximum Gasteiger partial charge on any atom is 0.170 e. The molecule has 1 atom stereocenters. The molecule has 1 heterocycles. The third kappa shape index (κ3) is 2.46. The summed E-state index contributed by atoms with van der Waals surface area (Å²) in [4.78, 5) is 15.8. The van der Waals surface area contributed by atoms with Crippen molar-refractivity contribution in [1.82, 2.24) is 10.9 Å². The van der Waals surface area contributed by atoms with E-state index in [0.717, 1.165) is 29.0 Å². The Hall–Kier alpha value is -2.66. The summed E-state index contributed by atoms with van der Waals surface area (Å²) in [6, 6.07) is 13.8. The molecule has 22 heavy (non-hydrogen) atoms. The van der Waals surface area contributed by atoms with Crippen LogP contribution in [0.2, 0.25) is 0 Å². The van der Waals surface area contributed by atoms with Crippen molar-refractivity contribution in [3.8, 4) is 0 Å². The molecule has 112 valence electrons. The normalized spacial score (nSPS) is 15.8. The molecule has 0 bridgehead atoms. The van der Waals surface area contributed by atoms with Gasteiger partial charge < -0.3 is 5.73 Å². The second-order valence-corrected chi connectivity index (χ2v) is 5.17. The highest BCUT2D eigenvalue weighted by Crippen LogP contribution is 2.20. The van der Waals surface area contributed by atoms with Crippen LogP contribution in [0.4, 0.5) is 0 Å². The first-order valence-electron chi connectivity index (χ1n) is 7.28. The first-order valence-corrected chi connectivity index (χ1v) is 7.28. The summed E-state index contributed by atoms with van der Waals surface area (Å²) in [7, 11) is 0. The minimum absolute atomic E-state index is 0.245. The molecule has 0 aliphatic carbocycles. The van der Waals surface area contributed by atoms with Crippen molar-refractivity contribution >= 4 is 22.9 Å². The summed E-state index contributed by atoms with van der Waals surface area (Å²) >= 11 is 0. The second-order valence-electron chi connectivity index (χ2n) is 5.17. The van der Waals surface area contributed by atoms with Crippen LogP contribution in [0.15, 0.2) is 58.9 Å². The summed E-state index contributed by atoms with van der Waals surface area (Å²) < 4.78 is 0. The van der Waals surface area contributed by atoms with Gasteiger partial charge in [-0.25, -0.2) is 4.99 Å². The number of carbonyl (C=O) groups is 1. The van der Waals surface area contributed by atoms with Gasteiger partial charge in [0.05, 0.1) is 5.70 Å². The van der Waals surface area contributed by atoms with E-state index in [1.165, 1.54) is 0 Å². The molecule has 0 aromatic heterocycles. The summed E-state index contributed by atoms with van der Waals surface area (Å²) in [6.45, 7) is 1.96. The lowest BCUT2D eigenvalue weighted by atomic mass is 10.0. The van der Waals surface area contributed by atoms with Crippen molar-refractivity contribution in [2.75, 3.05) is 0 Å². The number of rotatable bonds is 4. The largest absolute Gasteiger partial charge is 0.323 e. The van der Waals surface area contributed by atoms with E-state index in [2.05, 4.69) is 15.8 Å². The molecule has 3 rings (SSSR count). The van der Waals surface area contributed by atoms with Crippen molar-refractivity contribution in [3.63, 3.8) is 0 Å². The fourth-order valence-electron chi connectivity index (χ4n) is 2.54. The van der Waals surface area contributed by atoms with Gasteiger partial charge in [-0.3, -0.25) is 15.6 Å². The number of benzene rings is 2. The number of aldehydes is 1. The molecule has 0 saturated carbocycles. The number of hydrazine groups is 1. The molecule has 5 heteroatoms. The van der Waals surface area contributed by atoms with Gasteiger partial charge in [0.2, 0.25) is 0 Å². The molecule has 0 radical (unpaired) electrons. The van der Waals surface area contributed by atoms with E-state index < -0.39 is 0 Å². The van der Waals surface area contributed by atoms with Crippen LogP contribution in [0.3, 0.4) is 0 Å². The minimum Gasteiger partial charge on any atom is -0.323 e. The first-order chi connectivity index (χ1) is 10.7. The number of nitrogens with one attached hydrogen (secondary N) is 2. The Morgan fingerprint density at radius 3 is 2.73 bits per heavy atom. The van der Waals surface area contributed by atoms with Gasteiger partial charge in [-0.1, -0.05) is 49.4 Å². The summed E-state index contributed by atoms with van der Waals surface area (Å²) in [5.74, 6) is 0.617. The van der Waals surface area contributed by atoms with Gasteiger partial charge in [-0.2, -0.15) is 0 Å². The molecule has 0 amide bonds. The van der Waals surface area contributed by atoms with Crippen LogP contribution in [-0.2, 0) is 4.79 Å². The zero-order chi connectivity index (χ0) is 15.5. The van der Waals surface area contributed by atoms with Gasteiger partial charge in [0.15, 0.2) is 12.1 Å². The summed E-state index contributed by atoms with van der Waals surface area (Å²) in [5.41, 5.74) is 14.0. The van der Waals surface area contributed by atoms with Gasteiger partial charge >= 0.3 is 0 Å². The van der Waals surface area contributed by atoms with Crippen LogP contribution < -0.4 is 16.6 Å². The molecule has 0 saturated heterocycles. The van der Waals surface area contributed by atoms with Gasteiger partial charge in [0.25, 0.3) is 0 Å². The van der Waals surface area contributed by atoms with Crippen molar-refractivity contribution in [1.29, 1.82) is 0 Å². The van der Waals surface area contributed by atoms with E-state index >= 15 is 0 Å². The molecule has 0 spiro atoms. The molecule has 2 aromatic rings. The third-order valence-corrected chi connectivity index (χ3v) is 3.79. The Bertz CT molecular complexity index is 774. The summed E-state index contributed by atoms with van der Waals surface area (Å²) in [6.07, 6.45) is 1.46. The van der Waals surface area contributed by atoms with Crippen molar-refractivity contribution in [2.24, 2.45) is 10.7 Å². The predicted octanol–water partition coefficient (Wildman–Crippen LogP) is 1.84. The molecule has 1 aliphatic rings. The number of hydrogen-bond donors (Lipinski definition) is 3. The van der Waals surface area contributed by atoms with Crippen LogP contribution in [0.1, 0.15) is 18.9 Å². The lowest BCUT2D eigenvalue weighted by Crippen LogP contribution is -2.46. The second kappa shape index (κ2) is 5.99. The van der Waals surface area contributed by atoms with Gasteiger partial charge in [-0.15, -0.1) is 0 Å². The SMILES string of the molecule is CCC(N)C1=C(C=O)N=C(c2cccc3ccccc23)NN1. The minimum atomic E-state index is -0.245. The number of fused-ring (bicyclic) bond motifs is 1.